The minimum atomic E-state index is -4.42. The standard InChI is InChI=1S/C21H30F3NO2/c1-4-16(5-2)14-20(27)6-8-25(9-7-20)19(26)13-17-10-15(3)11-18(12-17)21(22,23)24/h10-12,16,27H,4-9,13-14H2,1-3H3. The summed E-state index contributed by atoms with van der Waals surface area (Å²) in [6.07, 6.45) is -0.620. The Morgan fingerprint density at radius 1 is 1.19 bits per heavy atom. The molecular weight excluding hydrogens is 355 g/mol. The summed E-state index contributed by atoms with van der Waals surface area (Å²) in [5.74, 6) is 0.295. The lowest BCUT2D eigenvalue weighted by Gasteiger charge is -2.40. The van der Waals surface area contributed by atoms with Gasteiger partial charge >= 0.3 is 6.18 Å². The zero-order valence-electron chi connectivity index (χ0n) is 16.4. The second-order valence-corrected chi connectivity index (χ2v) is 7.87. The van der Waals surface area contributed by atoms with E-state index in [9.17, 15) is 23.1 Å². The smallest absolute Gasteiger partial charge is 0.390 e. The van der Waals surface area contributed by atoms with Crippen molar-refractivity contribution in [3.8, 4) is 0 Å². The highest BCUT2D eigenvalue weighted by molar-refractivity contribution is 5.79. The van der Waals surface area contributed by atoms with Crippen LogP contribution in [0.2, 0.25) is 0 Å². The van der Waals surface area contributed by atoms with Crippen molar-refractivity contribution >= 4 is 5.91 Å². The van der Waals surface area contributed by atoms with Gasteiger partial charge in [-0.15, -0.1) is 0 Å². The molecule has 1 heterocycles. The van der Waals surface area contributed by atoms with Gasteiger partial charge in [0.05, 0.1) is 17.6 Å². The normalized spacial score (nSPS) is 17.4. The molecule has 6 heteroatoms. The molecule has 0 spiro atoms. The van der Waals surface area contributed by atoms with Crippen molar-refractivity contribution in [2.75, 3.05) is 13.1 Å². The Morgan fingerprint density at radius 2 is 1.78 bits per heavy atom. The van der Waals surface area contributed by atoms with Crippen molar-refractivity contribution in [2.24, 2.45) is 5.92 Å². The van der Waals surface area contributed by atoms with Gasteiger partial charge in [0.1, 0.15) is 0 Å². The third-order valence-corrected chi connectivity index (χ3v) is 5.69. The Kier molecular flexibility index (Phi) is 6.95. The molecule has 1 N–H and O–H groups in total. The highest BCUT2D eigenvalue weighted by Crippen LogP contribution is 2.33. The monoisotopic (exact) mass is 385 g/mol. The molecule has 152 valence electrons. The van der Waals surface area contributed by atoms with Crippen LogP contribution in [0.1, 0.15) is 62.6 Å². The van der Waals surface area contributed by atoms with Gasteiger partial charge in [-0.25, -0.2) is 0 Å². The van der Waals surface area contributed by atoms with Crippen LogP contribution in [-0.2, 0) is 17.4 Å². The van der Waals surface area contributed by atoms with E-state index in [0.29, 0.717) is 43.0 Å². The summed E-state index contributed by atoms with van der Waals surface area (Å²) in [7, 11) is 0. The van der Waals surface area contributed by atoms with E-state index in [1.54, 1.807) is 17.9 Å². The van der Waals surface area contributed by atoms with Crippen molar-refractivity contribution < 1.29 is 23.1 Å². The summed E-state index contributed by atoms with van der Waals surface area (Å²) >= 11 is 0. The molecule has 0 bridgehead atoms. The average molecular weight is 385 g/mol. The van der Waals surface area contributed by atoms with Crippen molar-refractivity contribution in [3.05, 3.63) is 34.9 Å². The van der Waals surface area contributed by atoms with Crippen LogP contribution in [0.3, 0.4) is 0 Å². The number of hydrogen-bond donors (Lipinski definition) is 1. The van der Waals surface area contributed by atoms with Crippen LogP contribution in [0.4, 0.5) is 13.2 Å². The van der Waals surface area contributed by atoms with Crippen molar-refractivity contribution in [1.82, 2.24) is 4.90 Å². The summed E-state index contributed by atoms with van der Waals surface area (Å²) in [4.78, 5) is 14.2. The second kappa shape index (κ2) is 8.63. The molecule has 3 nitrogen and oxygen atoms in total. The molecule has 27 heavy (non-hydrogen) atoms. The van der Waals surface area contributed by atoms with Gasteiger partial charge in [-0.05, 0) is 49.8 Å². The largest absolute Gasteiger partial charge is 0.416 e. The van der Waals surface area contributed by atoms with E-state index in [1.165, 1.54) is 0 Å². The minimum absolute atomic E-state index is 0.0459. The van der Waals surface area contributed by atoms with E-state index in [-0.39, 0.29) is 12.3 Å². The molecule has 0 saturated carbocycles. The number of alkyl halides is 3. The van der Waals surface area contributed by atoms with Gasteiger partial charge in [0, 0.05) is 13.1 Å². The topological polar surface area (TPSA) is 40.5 Å². The predicted molar refractivity (Wildman–Crippen MR) is 99.3 cm³/mol. The zero-order chi connectivity index (χ0) is 20.2. The number of nitrogens with zero attached hydrogens (tertiary/aromatic N) is 1. The number of carbonyl (C=O) groups is 1. The fraction of sp³-hybridized carbons (Fsp3) is 0.667. The highest BCUT2D eigenvalue weighted by Gasteiger charge is 2.35. The quantitative estimate of drug-likeness (QED) is 0.769. The molecule has 2 rings (SSSR count). The summed E-state index contributed by atoms with van der Waals surface area (Å²) in [5.41, 5.74) is -0.584. The van der Waals surface area contributed by atoms with Crippen LogP contribution in [0.25, 0.3) is 0 Å². The van der Waals surface area contributed by atoms with Crippen LogP contribution >= 0.6 is 0 Å². The number of piperidine rings is 1. The van der Waals surface area contributed by atoms with Crippen molar-refractivity contribution in [1.29, 1.82) is 0 Å². The molecule has 0 unspecified atom stereocenters. The lowest BCUT2D eigenvalue weighted by Crippen LogP contribution is -2.47. The maximum Gasteiger partial charge on any atom is 0.416 e. The van der Waals surface area contributed by atoms with Crippen LogP contribution in [0, 0.1) is 12.8 Å². The fourth-order valence-electron chi connectivity index (χ4n) is 3.91. The number of halogens is 3. The van der Waals surface area contributed by atoms with E-state index in [0.717, 1.165) is 31.4 Å². The number of rotatable bonds is 6. The lowest BCUT2D eigenvalue weighted by atomic mass is 9.81. The first-order chi connectivity index (χ1) is 12.6. The molecule has 0 radical (unpaired) electrons. The van der Waals surface area contributed by atoms with Crippen molar-refractivity contribution in [3.63, 3.8) is 0 Å². The summed E-state index contributed by atoms with van der Waals surface area (Å²) in [6, 6.07) is 3.77. The molecule has 1 amide bonds. The van der Waals surface area contributed by atoms with Gasteiger partial charge in [0.2, 0.25) is 5.91 Å². The molecule has 0 atom stereocenters. The van der Waals surface area contributed by atoms with Gasteiger partial charge in [-0.2, -0.15) is 13.2 Å². The Bertz CT molecular complexity index is 645. The lowest BCUT2D eigenvalue weighted by molar-refractivity contribution is -0.138. The molecule has 0 aliphatic carbocycles. The first kappa shape index (κ1) is 21.7. The first-order valence-electron chi connectivity index (χ1n) is 9.74. The van der Waals surface area contributed by atoms with Gasteiger partial charge in [-0.3, -0.25) is 4.79 Å². The van der Waals surface area contributed by atoms with Crippen LogP contribution in [-0.4, -0.2) is 34.6 Å². The summed E-state index contributed by atoms with van der Waals surface area (Å²) in [5, 5.41) is 10.8. The van der Waals surface area contributed by atoms with E-state index >= 15 is 0 Å². The predicted octanol–water partition coefficient (Wildman–Crippen LogP) is 4.74. The molecule has 1 aromatic rings. The Labute approximate surface area is 159 Å². The fourth-order valence-corrected chi connectivity index (χ4v) is 3.91. The zero-order valence-corrected chi connectivity index (χ0v) is 16.4. The van der Waals surface area contributed by atoms with Gasteiger partial charge in [-0.1, -0.05) is 38.3 Å². The third kappa shape index (κ3) is 5.96. The molecule has 1 fully saturated rings. The van der Waals surface area contributed by atoms with Gasteiger partial charge < -0.3 is 10.0 Å². The van der Waals surface area contributed by atoms with E-state index in [1.807, 2.05) is 0 Å². The number of hydrogen-bond acceptors (Lipinski definition) is 2. The number of benzene rings is 1. The van der Waals surface area contributed by atoms with Crippen molar-refractivity contribution in [2.45, 2.75) is 71.1 Å². The maximum atomic E-state index is 13.0. The summed E-state index contributed by atoms with van der Waals surface area (Å²) < 4.78 is 38.9. The number of amides is 1. The molecule has 1 aliphatic heterocycles. The van der Waals surface area contributed by atoms with E-state index in [2.05, 4.69) is 13.8 Å². The third-order valence-electron chi connectivity index (χ3n) is 5.69. The van der Waals surface area contributed by atoms with Crippen LogP contribution in [0.5, 0.6) is 0 Å². The first-order valence-corrected chi connectivity index (χ1v) is 9.74. The molecule has 0 aromatic heterocycles. The molecule has 1 aliphatic rings. The average Bonchev–Trinajstić information content (AvgIpc) is 2.59. The van der Waals surface area contributed by atoms with Crippen LogP contribution < -0.4 is 0 Å². The van der Waals surface area contributed by atoms with E-state index < -0.39 is 17.3 Å². The Morgan fingerprint density at radius 3 is 2.30 bits per heavy atom. The summed E-state index contributed by atoms with van der Waals surface area (Å²) in [6.45, 7) is 6.74. The number of aryl methyl sites for hydroxylation is 1. The second-order valence-electron chi connectivity index (χ2n) is 7.87. The maximum absolute atomic E-state index is 13.0. The minimum Gasteiger partial charge on any atom is -0.390 e. The number of carbonyl (C=O) groups excluding carboxylic acids is 1. The van der Waals surface area contributed by atoms with Gasteiger partial charge in [0.25, 0.3) is 0 Å². The molecule has 1 aromatic carbocycles. The van der Waals surface area contributed by atoms with E-state index in [4.69, 9.17) is 0 Å². The van der Waals surface area contributed by atoms with Crippen LogP contribution in [0.15, 0.2) is 18.2 Å². The molecular formula is C21H30F3NO2. The number of likely N-dealkylation sites (tertiary alicyclic amines) is 1. The Hall–Kier alpha value is -1.56. The number of aliphatic hydroxyl groups is 1. The molecule has 1 saturated heterocycles. The SMILES string of the molecule is CCC(CC)CC1(O)CCN(C(=O)Cc2cc(C)cc(C(F)(F)F)c2)CC1. The highest BCUT2D eigenvalue weighted by atomic mass is 19.4. The Balaban J connectivity index is 1.98. The van der Waals surface area contributed by atoms with Gasteiger partial charge in [0.15, 0.2) is 0 Å².